The van der Waals surface area contributed by atoms with Gasteiger partial charge in [-0.25, -0.2) is 4.52 Å². The molecule has 4 aromatic rings. The maximum Gasteiger partial charge on any atom is 0.278 e. The zero-order valence-electron chi connectivity index (χ0n) is 15.2. The van der Waals surface area contributed by atoms with Crippen molar-refractivity contribution >= 4 is 28.8 Å². The number of rotatable bonds is 4. The quantitative estimate of drug-likeness (QED) is 0.566. The molecule has 7 nitrogen and oxygen atoms in total. The van der Waals surface area contributed by atoms with Gasteiger partial charge in [-0.15, -0.1) is 10.2 Å². The third-order valence-electron chi connectivity index (χ3n) is 4.35. The Balaban J connectivity index is 1.67. The number of carbonyl (C=O) groups is 1. The van der Waals surface area contributed by atoms with Gasteiger partial charge in [-0.05, 0) is 48.9 Å². The molecule has 0 aliphatic heterocycles. The number of halogens is 1. The maximum atomic E-state index is 12.7. The van der Waals surface area contributed by atoms with Crippen LogP contribution in [0.3, 0.4) is 0 Å². The number of aryl methyl sites for hydroxylation is 1. The van der Waals surface area contributed by atoms with E-state index in [0.29, 0.717) is 27.8 Å². The van der Waals surface area contributed by atoms with Crippen molar-refractivity contribution in [2.75, 3.05) is 12.4 Å². The Morgan fingerprint density at radius 3 is 2.64 bits per heavy atom. The van der Waals surface area contributed by atoms with Crippen LogP contribution in [0.15, 0.2) is 54.7 Å². The van der Waals surface area contributed by atoms with Crippen molar-refractivity contribution in [1.29, 1.82) is 0 Å². The average molecular weight is 394 g/mol. The van der Waals surface area contributed by atoms with E-state index in [-0.39, 0.29) is 11.6 Å². The van der Waals surface area contributed by atoms with E-state index in [1.807, 2.05) is 18.2 Å². The number of amides is 1. The zero-order valence-corrected chi connectivity index (χ0v) is 15.9. The number of ether oxygens (including phenoxy) is 1. The number of methoxy groups -OCH3 is 1. The van der Waals surface area contributed by atoms with Crippen molar-refractivity contribution in [2.24, 2.45) is 0 Å². The monoisotopic (exact) mass is 393 g/mol. The molecule has 140 valence electrons. The Labute approximate surface area is 165 Å². The Bertz CT molecular complexity index is 1170. The number of hydrogen-bond acceptors (Lipinski definition) is 5. The Morgan fingerprint density at radius 1 is 1.14 bits per heavy atom. The number of hydrogen-bond donors (Lipinski definition) is 1. The van der Waals surface area contributed by atoms with E-state index in [9.17, 15) is 4.79 Å². The standard InChI is InChI=1S/C20H16ClN5O2/c1-12-18(20(27)23-15-6-8-16(28-2)9-7-15)24-25-19-17(11-22-26(12)19)13-4-3-5-14(21)10-13/h3-11H,1-2H3,(H,23,27). The Hall–Kier alpha value is -3.45. The predicted octanol–water partition coefficient (Wildman–Crippen LogP) is 4.01. The van der Waals surface area contributed by atoms with Gasteiger partial charge in [-0.2, -0.15) is 5.10 Å². The molecule has 0 fully saturated rings. The predicted molar refractivity (Wildman–Crippen MR) is 107 cm³/mol. The van der Waals surface area contributed by atoms with Crippen LogP contribution >= 0.6 is 11.6 Å². The minimum Gasteiger partial charge on any atom is -0.497 e. The molecule has 0 bridgehead atoms. The molecule has 28 heavy (non-hydrogen) atoms. The van der Waals surface area contributed by atoms with Crippen molar-refractivity contribution in [3.8, 4) is 16.9 Å². The van der Waals surface area contributed by atoms with Crippen molar-refractivity contribution in [3.63, 3.8) is 0 Å². The minimum atomic E-state index is -0.364. The van der Waals surface area contributed by atoms with Gasteiger partial charge in [0.15, 0.2) is 11.3 Å². The molecule has 2 aromatic heterocycles. The molecule has 0 spiro atoms. The fourth-order valence-electron chi connectivity index (χ4n) is 2.89. The van der Waals surface area contributed by atoms with Gasteiger partial charge in [0.05, 0.1) is 19.0 Å². The lowest BCUT2D eigenvalue weighted by Crippen LogP contribution is -2.18. The van der Waals surface area contributed by atoms with Crippen LogP contribution in [-0.2, 0) is 0 Å². The first-order valence-electron chi connectivity index (χ1n) is 8.49. The third kappa shape index (κ3) is 3.27. The summed E-state index contributed by atoms with van der Waals surface area (Å²) < 4.78 is 6.72. The number of benzene rings is 2. The highest BCUT2D eigenvalue weighted by atomic mass is 35.5. The van der Waals surface area contributed by atoms with E-state index < -0.39 is 0 Å². The van der Waals surface area contributed by atoms with Gasteiger partial charge in [0.1, 0.15) is 5.75 Å². The maximum absolute atomic E-state index is 12.7. The van der Waals surface area contributed by atoms with Gasteiger partial charge in [0.25, 0.3) is 5.91 Å². The van der Waals surface area contributed by atoms with E-state index >= 15 is 0 Å². The van der Waals surface area contributed by atoms with E-state index in [1.165, 1.54) is 0 Å². The number of anilines is 1. The molecule has 0 atom stereocenters. The summed E-state index contributed by atoms with van der Waals surface area (Å²) in [4.78, 5) is 12.7. The van der Waals surface area contributed by atoms with E-state index in [1.54, 1.807) is 55.1 Å². The molecule has 0 aliphatic rings. The molecule has 0 unspecified atom stereocenters. The van der Waals surface area contributed by atoms with Gasteiger partial charge < -0.3 is 10.1 Å². The van der Waals surface area contributed by atoms with E-state index in [0.717, 1.165) is 11.1 Å². The van der Waals surface area contributed by atoms with Crippen LogP contribution < -0.4 is 10.1 Å². The summed E-state index contributed by atoms with van der Waals surface area (Å²) >= 11 is 6.08. The largest absolute Gasteiger partial charge is 0.497 e. The number of nitrogens with one attached hydrogen (secondary N) is 1. The summed E-state index contributed by atoms with van der Waals surface area (Å²) in [5.41, 5.74) is 3.65. The second-order valence-electron chi connectivity index (χ2n) is 6.12. The summed E-state index contributed by atoms with van der Waals surface area (Å²) in [6.45, 7) is 1.78. The Kier molecular flexibility index (Phi) is 4.67. The molecule has 0 radical (unpaired) electrons. The topological polar surface area (TPSA) is 81.4 Å². The molecular weight excluding hydrogens is 378 g/mol. The highest BCUT2D eigenvalue weighted by molar-refractivity contribution is 6.30. The molecule has 0 saturated carbocycles. The molecule has 2 heterocycles. The van der Waals surface area contributed by atoms with Gasteiger partial charge >= 0.3 is 0 Å². The first-order valence-corrected chi connectivity index (χ1v) is 8.87. The molecule has 2 aromatic carbocycles. The summed E-state index contributed by atoms with van der Waals surface area (Å²) in [6.07, 6.45) is 1.69. The van der Waals surface area contributed by atoms with Gasteiger partial charge in [0.2, 0.25) is 0 Å². The van der Waals surface area contributed by atoms with Gasteiger partial charge in [0, 0.05) is 16.3 Å². The second kappa shape index (κ2) is 7.28. The first-order chi connectivity index (χ1) is 13.6. The minimum absolute atomic E-state index is 0.198. The summed E-state index contributed by atoms with van der Waals surface area (Å²) in [5.74, 6) is 0.345. The van der Waals surface area contributed by atoms with Crippen LogP contribution in [0.2, 0.25) is 5.02 Å². The lowest BCUT2D eigenvalue weighted by Gasteiger charge is -2.08. The fraction of sp³-hybridized carbons (Fsp3) is 0.100. The fourth-order valence-corrected chi connectivity index (χ4v) is 3.08. The normalized spacial score (nSPS) is 10.8. The molecule has 8 heteroatoms. The highest BCUT2D eigenvalue weighted by Crippen LogP contribution is 2.26. The summed E-state index contributed by atoms with van der Waals surface area (Å²) in [5, 5.41) is 16.2. The molecule has 0 aliphatic carbocycles. The molecule has 0 saturated heterocycles. The Morgan fingerprint density at radius 2 is 1.93 bits per heavy atom. The van der Waals surface area contributed by atoms with Crippen molar-refractivity contribution in [2.45, 2.75) is 6.92 Å². The van der Waals surface area contributed by atoms with E-state index in [4.69, 9.17) is 16.3 Å². The summed E-state index contributed by atoms with van der Waals surface area (Å²) in [7, 11) is 1.59. The van der Waals surface area contributed by atoms with E-state index in [2.05, 4.69) is 20.6 Å². The van der Waals surface area contributed by atoms with Gasteiger partial charge in [-0.1, -0.05) is 23.7 Å². The van der Waals surface area contributed by atoms with Crippen LogP contribution in [0.4, 0.5) is 5.69 Å². The number of carbonyl (C=O) groups excluding carboxylic acids is 1. The number of aromatic nitrogens is 4. The van der Waals surface area contributed by atoms with Crippen LogP contribution in [0.5, 0.6) is 5.75 Å². The molecule has 1 amide bonds. The molecular formula is C20H16ClN5O2. The first kappa shape index (κ1) is 17.9. The third-order valence-corrected chi connectivity index (χ3v) is 4.58. The van der Waals surface area contributed by atoms with Gasteiger partial charge in [-0.3, -0.25) is 4.79 Å². The summed E-state index contributed by atoms with van der Waals surface area (Å²) in [6, 6.07) is 14.5. The number of nitrogens with zero attached hydrogens (tertiary/aromatic N) is 4. The lowest BCUT2D eigenvalue weighted by molar-refractivity contribution is 0.102. The zero-order chi connectivity index (χ0) is 19.7. The van der Waals surface area contributed by atoms with Crippen LogP contribution in [0.25, 0.3) is 16.8 Å². The SMILES string of the molecule is COc1ccc(NC(=O)c2nnc3c(-c4cccc(Cl)c4)cnn3c2C)cc1. The van der Waals surface area contributed by atoms with Crippen LogP contribution in [0, 0.1) is 6.92 Å². The second-order valence-corrected chi connectivity index (χ2v) is 6.56. The van der Waals surface area contributed by atoms with Crippen LogP contribution in [0.1, 0.15) is 16.2 Å². The van der Waals surface area contributed by atoms with Crippen molar-refractivity contribution < 1.29 is 9.53 Å². The number of fused-ring (bicyclic) bond motifs is 1. The lowest BCUT2D eigenvalue weighted by atomic mass is 10.1. The smallest absolute Gasteiger partial charge is 0.278 e. The molecule has 4 rings (SSSR count). The average Bonchev–Trinajstić information content (AvgIpc) is 3.14. The molecule has 1 N–H and O–H groups in total. The van der Waals surface area contributed by atoms with Crippen molar-refractivity contribution in [3.05, 3.63) is 71.1 Å². The highest BCUT2D eigenvalue weighted by Gasteiger charge is 2.18. The van der Waals surface area contributed by atoms with Crippen LogP contribution in [-0.4, -0.2) is 32.8 Å². The van der Waals surface area contributed by atoms with Crippen molar-refractivity contribution in [1.82, 2.24) is 19.8 Å².